The highest BCUT2D eigenvalue weighted by molar-refractivity contribution is 5.73. The third kappa shape index (κ3) is 6.21. The molecule has 2 N–H and O–H groups in total. The van der Waals surface area contributed by atoms with Crippen LogP contribution >= 0.6 is 0 Å². The summed E-state index contributed by atoms with van der Waals surface area (Å²) in [5.74, 6) is 1.76. The SMILES string of the molecule is COc1cccc(OCCNC(=O)NCCC2=CCCCC2)c1OC. The fourth-order valence-corrected chi connectivity index (χ4v) is 2.83. The first kappa shape index (κ1) is 19.0. The number of methoxy groups -OCH3 is 2. The van der Waals surface area contributed by atoms with Crippen LogP contribution in [0, 0.1) is 0 Å². The predicted octanol–water partition coefficient (Wildman–Crippen LogP) is 3.27. The van der Waals surface area contributed by atoms with E-state index >= 15 is 0 Å². The zero-order chi connectivity index (χ0) is 17.9. The Morgan fingerprint density at radius 3 is 2.60 bits per heavy atom. The Morgan fingerprint density at radius 1 is 1.08 bits per heavy atom. The molecule has 0 saturated carbocycles. The molecule has 1 aliphatic carbocycles. The molecule has 0 unspecified atom stereocenters. The van der Waals surface area contributed by atoms with E-state index in [0.717, 1.165) is 6.42 Å². The predicted molar refractivity (Wildman–Crippen MR) is 97.6 cm³/mol. The number of allylic oxidation sites excluding steroid dienone is 1. The molecule has 0 atom stereocenters. The molecule has 2 rings (SSSR count). The van der Waals surface area contributed by atoms with E-state index in [1.807, 2.05) is 6.07 Å². The van der Waals surface area contributed by atoms with Gasteiger partial charge in [-0.2, -0.15) is 0 Å². The summed E-state index contributed by atoms with van der Waals surface area (Å²) in [6.45, 7) is 1.43. The van der Waals surface area contributed by atoms with E-state index in [2.05, 4.69) is 16.7 Å². The van der Waals surface area contributed by atoms with E-state index in [-0.39, 0.29) is 6.03 Å². The van der Waals surface area contributed by atoms with Crippen LogP contribution in [0.25, 0.3) is 0 Å². The number of para-hydroxylation sites is 1. The molecule has 6 nitrogen and oxygen atoms in total. The van der Waals surface area contributed by atoms with Crippen molar-refractivity contribution in [1.82, 2.24) is 10.6 Å². The summed E-state index contributed by atoms with van der Waals surface area (Å²) >= 11 is 0. The van der Waals surface area contributed by atoms with Crippen LogP contribution < -0.4 is 24.8 Å². The van der Waals surface area contributed by atoms with Crippen molar-refractivity contribution in [3.63, 3.8) is 0 Å². The number of urea groups is 1. The molecule has 0 aliphatic heterocycles. The molecule has 1 aliphatic rings. The number of carbonyl (C=O) groups excluding carboxylic acids is 1. The van der Waals surface area contributed by atoms with E-state index in [4.69, 9.17) is 14.2 Å². The maximum atomic E-state index is 11.8. The van der Waals surface area contributed by atoms with Crippen molar-refractivity contribution in [1.29, 1.82) is 0 Å². The molecule has 138 valence electrons. The van der Waals surface area contributed by atoms with E-state index in [0.29, 0.717) is 36.9 Å². The van der Waals surface area contributed by atoms with Crippen LogP contribution in [0.3, 0.4) is 0 Å². The van der Waals surface area contributed by atoms with Gasteiger partial charge in [-0.1, -0.05) is 17.7 Å². The minimum Gasteiger partial charge on any atom is -0.493 e. The Labute approximate surface area is 149 Å². The molecule has 0 bridgehead atoms. The lowest BCUT2D eigenvalue weighted by molar-refractivity contribution is 0.235. The first-order valence-electron chi connectivity index (χ1n) is 8.78. The number of hydrogen-bond donors (Lipinski definition) is 2. The zero-order valence-corrected chi connectivity index (χ0v) is 15.1. The van der Waals surface area contributed by atoms with Gasteiger partial charge >= 0.3 is 6.03 Å². The third-order valence-corrected chi connectivity index (χ3v) is 4.13. The summed E-state index contributed by atoms with van der Waals surface area (Å²) in [6.07, 6.45) is 8.13. The fraction of sp³-hybridized carbons (Fsp3) is 0.526. The lowest BCUT2D eigenvalue weighted by Gasteiger charge is -2.14. The largest absolute Gasteiger partial charge is 0.493 e. The van der Waals surface area contributed by atoms with E-state index in [1.165, 1.54) is 31.3 Å². The average molecular weight is 348 g/mol. The molecule has 1 aromatic carbocycles. The number of nitrogens with one attached hydrogen (secondary N) is 2. The summed E-state index contributed by atoms with van der Waals surface area (Å²) in [5, 5.41) is 5.67. The van der Waals surface area contributed by atoms with Gasteiger partial charge in [0.2, 0.25) is 5.75 Å². The Hall–Kier alpha value is -2.37. The minimum absolute atomic E-state index is 0.169. The van der Waals surface area contributed by atoms with Crippen molar-refractivity contribution < 1.29 is 19.0 Å². The highest BCUT2D eigenvalue weighted by Crippen LogP contribution is 2.36. The fourth-order valence-electron chi connectivity index (χ4n) is 2.83. The second-order valence-electron chi connectivity index (χ2n) is 5.88. The number of hydrogen-bond acceptors (Lipinski definition) is 4. The Balaban J connectivity index is 1.64. The minimum atomic E-state index is -0.169. The third-order valence-electron chi connectivity index (χ3n) is 4.13. The average Bonchev–Trinajstić information content (AvgIpc) is 2.65. The van der Waals surface area contributed by atoms with Gasteiger partial charge in [-0.25, -0.2) is 4.79 Å². The maximum absolute atomic E-state index is 11.8. The van der Waals surface area contributed by atoms with Crippen molar-refractivity contribution in [2.24, 2.45) is 0 Å². The van der Waals surface area contributed by atoms with Gasteiger partial charge in [0.05, 0.1) is 20.8 Å². The summed E-state index contributed by atoms with van der Waals surface area (Å²) in [5.41, 5.74) is 1.46. The van der Waals surface area contributed by atoms with Crippen LogP contribution in [0.5, 0.6) is 17.2 Å². The van der Waals surface area contributed by atoms with Gasteiger partial charge in [-0.05, 0) is 44.2 Å². The number of benzene rings is 1. The van der Waals surface area contributed by atoms with Crippen LogP contribution in [-0.2, 0) is 0 Å². The Bertz CT molecular complexity index is 587. The number of carbonyl (C=O) groups is 1. The monoisotopic (exact) mass is 348 g/mol. The first-order valence-corrected chi connectivity index (χ1v) is 8.78. The van der Waals surface area contributed by atoms with Gasteiger partial charge in [0.1, 0.15) is 6.61 Å². The lowest BCUT2D eigenvalue weighted by Crippen LogP contribution is -2.38. The Morgan fingerprint density at radius 2 is 1.88 bits per heavy atom. The Kier molecular flexibility index (Phi) is 7.95. The molecular formula is C19H28N2O4. The maximum Gasteiger partial charge on any atom is 0.314 e. The number of amides is 2. The summed E-state index contributed by atoms with van der Waals surface area (Å²) in [6, 6.07) is 5.27. The summed E-state index contributed by atoms with van der Waals surface area (Å²) in [7, 11) is 3.15. The second kappa shape index (κ2) is 10.5. The van der Waals surface area contributed by atoms with Crippen molar-refractivity contribution in [3.8, 4) is 17.2 Å². The molecule has 6 heteroatoms. The summed E-state index contributed by atoms with van der Waals surface area (Å²) in [4.78, 5) is 11.8. The number of rotatable bonds is 9. The van der Waals surface area contributed by atoms with Gasteiger partial charge in [0.15, 0.2) is 11.5 Å². The van der Waals surface area contributed by atoms with Crippen LogP contribution in [0.2, 0.25) is 0 Å². The van der Waals surface area contributed by atoms with E-state index in [9.17, 15) is 4.79 Å². The zero-order valence-electron chi connectivity index (χ0n) is 15.1. The van der Waals surface area contributed by atoms with Gasteiger partial charge in [0, 0.05) is 6.54 Å². The first-order chi connectivity index (χ1) is 12.2. The summed E-state index contributed by atoms with van der Waals surface area (Å²) < 4.78 is 16.2. The topological polar surface area (TPSA) is 68.8 Å². The molecule has 0 aromatic heterocycles. The van der Waals surface area contributed by atoms with Gasteiger partial charge in [0.25, 0.3) is 0 Å². The van der Waals surface area contributed by atoms with Gasteiger partial charge in [-0.15, -0.1) is 0 Å². The van der Waals surface area contributed by atoms with Gasteiger partial charge < -0.3 is 24.8 Å². The van der Waals surface area contributed by atoms with Crippen LogP contribution in [-0.4, -0.2) is 39.9 Å². The van der Waals surface area contributed by atoms with Crippen LogP contribution in [0.15, 0.2) is 29.8 Å². The second-order valence-corrected chi connectivity index (χ2v) is 5.88. The standard InChI is InChI=1S/C19H28N2O4/c1-23-16-9-6-10-17(18(16)24-2)25-14-13-21-19(22)20-12-11-15-7-4-3-5-8-15/h6-7,9-10H,3-5,8,11-14H2,1-2H3,(H2,20,21,22). The van der Waals surface area contributed by atoms with E-state index in [1.54, 1.807) is 26.4 Å². The van der Waals surface area contributed by atoms with E-state index < -0.39 is 0 Å². The lowest BCUT2D eigenvalue weighted by atomic mass is 9.97. The van der Waals surface area contributed by atoms with Crippen molar-refractivity contribution in [3.05, 3.63) is 29.8 Å². The highest BCUT2D eigenvalue weighted by Gasteiger charge is 2.10. The number of ether oxygens (including phenoxy) is 3. The molecule has 0 heterocycles. The normalized spacial score (nSPS) is 13.6. The molecular weight excluding hydrogens is 320 g/mol. The van der Waals surface area contributed by atoms with Crippen molar-refractivity contribution >= 4 is 6.03 Å². The molecule has 1 aromatic rings. The van der Waals surface area contributed by atoms with Crippen molar-refractivity contribution in [2.45, 2.75) is 32.1 Å². The highest BCUT2D eigenvalue weighted by atomic mass is 16.5. The van der Waals surface area contributed by atoms with Crippen LogP contribution in [0.4, 0.5) is 4.79 Å². The van der Waals surface area contributed by atoms with Gasteiger partial charge in [-0.3, -0.25) is 0 Å². The molecule has 0 radical (unpaired) electrons. The quantitative estimate of drug-likeness (QED) is 0.531. The molecule has 0 saturated heterocycles. The molecule has 2 amide bonds. The smallest absolute Gasteiger partial charge is 0.314 e. The molecule has 25 heavy (non-hydrogen) atoms. The molecule has 0 fully saturated rings. The van der Waals surface area contributed by atoms with Crippen molar-refractivity contribution in [2.75, 3.05) is 33.9 Å². The van der Waals surface area contributed by atoms with Crippen LogP contribution in [0.1, 0.15) is 32.1 Å². The molecule has 0 spiro atoms.